The molecule has 4 heterocycles. The van der Waals surface area contributed by atoms with Crippen LogP contribution in [0.3, 0.4) is 0 Å². The molecular weight excluding hydrogens is 578 g/mol. The van der Waals surface area contributed by atoms with Gasteiger partial charge in [0.25, 0.3) is 15.9 Å². The SMILES string of the molecule is CNC(=O)C1CN(S(=O)(=O)c2cc3ccc(Cl)cc3s2)CCN1C(=O)c1nc2c(o1)CN(S(C)(=O)=O)CC2. The molecule has 16 heteroatoms. The minimum Gasteiger partial charge on any atom is -0.436 e. The molecule has 12 nitrogen and oxygen atoms in total. The van der Waals surface area contributed by atoms with E-state index in [1.54, 1.807) is 24.3 Å². The number of carbonyl (C=O) groups is 2. The second kappa shape index (κ2) is 9.88. The van der Waals surface area contributed by atoms with Gasteiger partial charge in [-0.2, -0.15) is 8.61 Å². The standard InChI is InChI=1S/C22H24ClN5O7S3/c1-24-20(29)16-11-27(38(33,34)19-9-13-3-4-14(23)10-18(13)36-19)7-8-28(16)22(30)21-25-15-5-6-26(37(2,31)32)12-17(15)35-21/h3-4,9-10,16H,5-8,11-12H2,1-2H3,(H,24,29). The Morgan fingerprint density at radius 1 is 1.13 bits per heavy atom. The van der Waals surface area contributed by atoms with E-state index in [1.807, 2.05) is 0 Å². The highest BCUT2D eigenvalue weighted by atomic mass is 35.5. The van der Waals surface area contributed by atoms with Crippen molar-refractivity contribution in [2.24, 2.45) is 0 Å². The van der Waals surface area contributed by atoms with E-state index < -0.39 is 37.9 Å². The summed E-state index contributed by atoms with van der Waals surface area (Å²) in [6.45, 7) is -0.202. The van der Waals surface area contributed by atoms with Gasteiger partial charge in [0.2, 0.25) is 15.9 Å². The Hall–Kier alpha value is -2.56. The maximum atomic E-state index is 13.5. The van der Waals surface area contributed by atoms with Crippen LogP contribution in [-0.2, 0) is 37.8 Å². The molecule has 1 unspecified atom stereocenters. The van der Waals surface area contributed by atoms with Crippen LogP contribution in [0, 0.1) is 0 Å². The van der Waals surface area contributed by atoms with Crippen molar-refractivity contribution in [1.29, 1.82) is 0 Å². The van der Waals surface area contributed by atoms with E-state index >= 15 is 0 Å². The van der Waals surface area contributed by atoms with Gasteiger partial charge in [-0.05, 0) is 23.6 Å². The number of thiophene rings is 1. The molecule has 2 aromatic heterocycles. The van der Waals surface area contributed by atoms with Gasteiger partial charge in [-0.15, -0.1) is 11.3 Å². The smallest absolute Gasteiger partial charge is 0.310 e. The van der Waals surface area contributed by atoms with E-state index in [0.29, 0.717) is 10.7 Å². The molecule has 1 N–H and O–H groups in total. The average molecular weight is 602 g/mol. The number of oxazole rings is 1. The molecular formula is C22H24ClN5O7S3. The van der Waals surface area contributed by atoms with Crippen LogP contribution in [0.25, 0.3) is 10.1 Å². The molecule has 38 heavy (non-hydrogen) atoms. The monoisotopic (exact) mass is 601 g/mol. The minimum absolute atomic E-state index is 0.0419. The number of hydrogen-bond donors (Lipinski definition) is 1. The summed E-state index contributed by atoms with van der Waals surface area (Å²) in [7, 11) is -6.01. The number of piperazine rings is 1. The number of carbonyl (C=O) groups excluding carboxylic acids is 2. The van der Waals surface area contributed by atoms with Gasteiger partial charge in [0.1, 0.15) is 16.0 Å². The zero-order valence-corrected chi connectivity index (χ0v) is 23.6. The van der Waals surface area contributed by atoms with E-state index in [9.17, 15) is 26.4 Å². The van der Waals surface area contributed by atoms with Crippen molar-refractivity contribution in [3.63, 3.8) is 0 Å². The van der Waals surface area contributed by atoms with E-state index in [2.05, 4.69) is 10.3 Å². The van der Waals surface area contributed by atoms with Crippen LogP contribution in [0.1, 0.15) is 22.1 Å². The first-order valence-corrected chi connectivity index (χ1v) is 16.0. The first-order chi connectivity index (χ1) is 17.9. The van der Waals surface area contributed by atoms with E-state index in [1.165, 1.54) is 20.6 Å². The van der Waals surface area contributed by atoms with Crippen molar-refractivity contribution in [3.8, 4) is 0 Å². The minimum atomic E-state index is -3.96. The summed E-state index contributed by atoms with van der Waals surface area (Å²) in [5.74, 6) is -1.21. The van der Waals surface area contributed by atoms with Gasteiger partial charge in [-0.25, -0.2) is 21.8 Å². The average Bonchev–Trinajstić information content (AvgIpc) is 3.50. The van der Waals surface area contributed by atoms with Crippen molar-refractivity contribution in [3.05, 3.63) is 46.6 Å². The van der Waals surface area contributed by atoms with Crippen LogP contribution < -0.4 is 5.32 Å². The molecule has 5 rings (SSSR count). The summed E-state index contributed by atoms with van der Waals surface area (Å²) in [6, 6.07) is 5.54. The van der Waals surface area contributed by atoms with Crippen molar-refractivity contribution >= 4 is 64.9 Å². The number of amides is 2. The third-order valence-corrected chi connectivity index (χ3v) is 11.5. The first-order valence-electron chi connectivity index (χ1n) is 11.5. The molecule has 2 aliphatic rings. The quantitative estimate of drug-likeness (QED) is 0.457. The van der Waals surface area contributed by atoms with Gasteiger partial charge in [0.15, 0.2) is 0 Å². The summed E-state index contributed by atoms with van der Waals surface area (Å²) in [4.78, 5) is 31.7. The highest BCUT2D eigenvalue weighted by Gasteiger charge is 2.42. The maximum absolute atomic E-state index is 13.5. The third-order valence-electron chi connectivity index (χ3n) is 6.55. The number of nitrogens with zero attached hydrogens (tertiary/aromatic N) is 4. The van der Waals surface area contributed by atoms with Crippen molar-refractivity contribution in [1.82, 2.24) is 23.8 Å². The number of likely N-dealkylation sites (N-methyl/N-ethyl adjacent to an activating group) is 1. The predicted molar refractivity (Wildman–Crippen MR) is 140 cm³/mol. The van der Waals surface area contributed by atoms with Gasteiger partial charge in [-0.1, -0.05) is 17.7 Å². The van der Waals surface area contributed by atoms with E-state index in [0.717, 1.165) is 27.7 Å². The zero-order valence-electron chi connectivity index (χ0n) is 20.4. The van der Waals surface area contributed by atoms with E-state index in [-0.39, 0.29) is 55.0 Å². The Labute approximate surface area is 228 Å². The van der Waals surface area contributed by atoms with Crippen LogP contribution >= 0.6 is 22.9 Å². The molecule has 2 aliphatic heterocycles. The predicted octanol–water partition coefficient (Wildman–Crippen LogP) is 1.12. The Kier molecular flexibility index (Phi) is 7.02. The summed E-state index contributed by atoms with van der Waals surface area (Å²) < 4.78 is 59.6. The first kappa shape index (κ1) is 27.0. The molecule has 1 saturated heterocycles. The lowest BCUT2D eigenvalue weighted by Crippen LogP contribution is -2.61. The summed E-state index contributed by atoms with van der Waals surface area (Å²) in [5.41, 5.74) is 0.482. The molecule has 0 bridgehead atoms. The van der Waals surface area contributed by atoms with Crippen LogP contribution in [0.5, 0.6) is 0 Å². The molecule has 1 aromatic carbocycles. The second-order valence-corrected chi connectivity index (χ2v) is 14.6. The fraction of sp³-hybridized carbons (Fsp3) is 0.409. The van der Waals surface area contributed by atoms with Crippen LogP contribution in [0.15, 0.2) is 32.9 Å². The Morgan fingerprint density at radius 2 is 1.89 bits per heavy atom. The topological polar surface area (TPSA) is 150 Å². The second-order valence-electron chi connectivity index (χ2n) is 8.97. The molecule has 1 atom stereocenters. The number of benzene rings is 1. The molecule has 0 saturated carbocycles. The summed E-state index contributed by atoms with van der Waals surface area (Å²) >= 11 is 7.12. The van der Waals surface area contributed by atoms with Gasteiger partial charge in [0.05, 0.1) is 18.5 Å². The van der Waals surface area contributed by atoms with Gasteiger partial charge < -0.3 is 14.6 Å². The van der Waals surface area contributed by atoms with Crippen molar-refractivity contribution in [2.45, 2.75) is 23.2 Å². The van der Waals surface area contributed by atoms with E-state index in [4.69, 9.17) is 16.0 Å². The molecule has 0 spiro atoms. The lowest BCUT2D eigenvalue weighted by atomic mass is 10.1. The Balaban J connectivity index is 1.39. The molecule has 0 radical (unpaired) electrons. The number of fused-ring (bicyclic) bond motifs is 2. The maximum Gasteiger partial charge on any atom is 0.310 e. The number of aromatic nitrogens is 1. The summed E-state index contributed by atoms with van der Waals surface area (Å²) in [5, 5.41) is 3.72. The Bertz CT molecular complexity index is 1650. The number of nitrogens with one attached hydrogen (secondary N) is 1. The van der Waals surface area contributed by atoms with Gasteiger partial charge in [0, 0.05) is 49.4 Å². The summed E-state index contributed by atoms with van der Waals surface area (Å²) in [6.07, 6.45) is 1.38. The largest absolute Gasteiger partial charge is 0.436 e. The Morgan fingerprint density at radius 3 is 2.61 bits per heavy atom. The third kappa shape index (κ3) is 4.94. The number of sulfonamides is 2. The lowest BCUT2D eigenvalue weighted by Gasteiger charge is -2.38. The number of halogens is 1. The van der Waals surface area contributed by atoms with Gasteiger partial charge >= 0.3 is 5.91 Å². The fourth-order valence-corrected chi connectivity index (χ4v) is 8.56. The highest BCUT2D eigenvalue weighted by molar-refractivity contribution is 7.91. The normalized spacial score (nSPS) is 19.4. The fourth-order valence-electron chi connectivity index (χ4n) is 4.51. The highest BCUT2D eigenvalue weighted by Crippen LogP contribution is 2.33. The van der Waals surface area contributed by atoms with Crippen molar-refractivity contribution < 1.29 is 30.8 Å². The lowest BCUT2D eigenvalue weighted by molar-refractivity contribution is -0.126. The van der Waals surface area contributed by atoms with Crippen LogP contribution in [0.2, 0.25) is 5.02 Å². The molecule has 0 aliphatic carbocycles. The number of hydrogen-bond acceptors (Lipinski definition) is 9. The molecule has 1 fully saturated rings. The van der Waals surface area contributed by atoms with Gasteiger partial charge in [-0.3, -0.25) is 9.59 Å². The molecule has 204 valence electrons. The molecule has 3 aromatic rings. The number of rotatable bonds is 5. The molecule has 2 amide bonds. The zero-order chi connectivity index (χ0) is 27.4. The van der Waals surface area contributed by atoms with Crippen molar-refractivity contribution in [2.75, 3.05) is 39.5 Å². The van der Waals surface area contributed by atoms with Crippen LogP contribution in [-0.4, -0.2) is 92.7 Å². The van der Waals surface area contributed by atoms with Crippen LogP contribution in [0.4, 0.5) is 0 Å².